The van der Waals surface area contributed by atoms with E-state index in [9.17, 15) is 0 Å². The van der Waals surface area contributed by atoms with Gasteiger partial charge in [-0.05, 0) is 11.6 Å². The molecule has 1 N–H and O–H groups in total. The summed E-state index contributed by atoms with van der Waals surface area (Å²) in [5.74, 6) is 1.30. The third-order valence-electron chi connectivity index (χ3n) is 2.64. The molecule has 0 spiro atoms. The van der Waals surface area contributed by atoms with Crippen LogP contribution in [0.15, 0.2) is 34.9 Å². The number of rotatable bonds is 3. The highest BCUT2D eigenvalue weighted by Crippen LogP contribution is 2.20. The Kier molecular flexibility index (Phi) is 2.57. The number of aromatic nitrogens is 3. The Labute approximate surface area is 103 Å². The molecule has 1 aromatic carbocycles. The van der Waals surface area contributed by atoms with Gasteiger partial charge < -0.3 is 9.40 Å². The van der Waals surface area contributed by atoms with E-state index in [2.05, 4.69) is 21.2 Å². The van der Waals surface area contributed by atoms with Crippen molar-refractivity contribution in [2.75, 3.05) is 0 Å². The predicted octanol–water partition coefficient (Wildman–Crippen LogP) is 2.88. The van der Waals surface area contributed by atoms with E-state index < -0.39 is 0 Å². The zero-order valence-electron chi connectivity index (χ0n) is 8.98. The van der Waals surface area contributed by atoms with Crippen molar-refractivity contribution < 1.29 is 4.42 Å². The minimum Gasteiger partial charge on any atom is -0.424 e. The smallest absolute Gasteiger partial charge is 0.231 e. The quantitative estimate of drug-likeness (QED) is 0.724. The van der Waals surface area contributed by atoms with Crippen LogP contribution < -0.4 is 0 Å². The molecule has 3 rings (SSSR count). The van der Waals surface area contributed by atoms with Crippen LogP contribution in [0, 0.1) is 0 Å². The summed E-state index contributed by atoms with van der Waals surface area (Å²) in [5.41, 5.74) is 2.25. The molecule has 0 aliphatic heterocycles. The van der Waals surface area contributed by atoms with E-state index in [1.807, 2.05) is 24.4 Å². The molecule has 2 aromatic heterocycles. The van der Waals surface area contributed by atoms with Crippen LogP contribution in [-0.2, 0) is 12.3 Å². The van der Waals surface area contributed by atoms with Gasteiger partial charge in [-0.2, -0.15) is 0 Å². The maximum Gasteiger partial charge on any atom is 0.231 e. The van der Waals surface area contributed by atoms with Gasteiger partial charge >= 0.3 is 0 Å². The highest BCUT2D eigenvalue weighted by molar-refractivity contribution is 6.16. The molecule has 5 heteroatoms. The second-order valence-corrected chi connectivity index (χ2v) is 4.03. The number of nitrogens with zero attached hydrogens (tertiary/aromatic N) is 2. The first-order valence-electron chi connectivity index (χ1n) is 5.29. The molecule has 0 aliphatic rings. The maximum atomic E-state index is 5.61. The van der Waals surface area contributed by atoms with E-state index in [0.29, 0.717) is 18.2 Å². The molecule has 0 unspecified atom stereocenters. The minimum atomic E-state index is 0.251. The summed E-state index contributed by atoms with van der Waals surface area (Å²) in [6.07, 6.45) is 2.59. The van der Waals surface area contributed by atoms with E-state index >= 15 is 0 Å². The molecule has 0 atom stereocenters. The molecule has 17 heavy (non-hydrogen) atoms. The number of nitrogens with one attached hydrogen (secondary N) is 1. The minimum absolute atomic E-state index is 0.251. The van der Waals surface area contributed by atoms with E-state index in [0.717, 1.165) is 11.1 Å². The molecule has 86 valence electrons. The fourth-order valence-electron chi connectivity index (χ4n) is 1.85. The highest BCUT2D eigenvalue weighted by atomic mass is 35.5. The second-order valence-electron chi connectivity index (χ2n) is 3.76. The Hall–Kier alpha value is -1.81. The van der Waals surface area contributed by atoms with Crippen LogP contribution in [0.2, 0.25) is 0 Å². The predicted molar refractivity (Wildman–Crippen MR) is 65.0 cm³/mol. The fraction of sp³-hybridized carbons (Fsp3) is 0.167. The lowest BCUT2D eigenvalue weighted by Gasteiger charge is -1.94. The van der Waals surface area contributed by atoms with Gasteiger partial charge in [0.2, 0.25) is 11.8 Å². The van der Waals surface area contributed by atoms with Crippen LogP contribution in [-0.4, -0.2) is 15.2 Å². The van der Waals surface area contributed by atoms with Crippen LogP contribution in [0.25, 0.3) is 10.9 Å². The van der Waals surface area contributed by atoms with Crippen LogP contribution in [0.5, 0.6) is 0 Å². The van der Waals surface area contributed by atoms with E-state index in [4.69, 9.17) is 16.0 Å². The van der Waals surface area contributed by atoms with Gasteiger partial charge in [0.15, 0.2) is 0 Å². The average Bonchev–Trinajstić information content (AvgIpc) is 2.97. The second kappa shape index (κ2) is 4.22. The Morgan fingerprint density at radius 1 is 1.18 bits per heavy atom. The number of hydrogen-bond donors (Lipinski definition) is 1. The van der Waals surface area contributed by atoms with Crippen molar-refractivity contribution in [1.29, 1.82) is 0 Å². The van der Waals surface area contributed by atoms with Crippen molar-refractivity contribution in [2.24, 2.45) is 0 Å². The molecule has 0 radical (unpaired) electrons. The molecule has 3 aromatic rings. The third kappa shape index (κ3) is 1.91. The molecule has 0 bridgehead atoms. The van der Waals surface area contributed by atoms with Crippen molar-refractivity contribution in [2.45, 2.75) is 12.3 Å². The zero-order chi connectivity index (χ0) is 11.7. The SMILES string of the molecule is ClCc1nnc(Cc2c[nH]c3ccccc23)o1. The molecule has 0 fully saturated rings. The van der Waals surface area contributed by atoms with Gasteiger partial charge in [-0.25, -0.2) is 0 Å². The number of aromatic amines is 1. The number of H-pyrrole nitrogens is 1. The maximum absolute atomic E-state index is 5.61. The van der Waals surface area contributed by atoms with Crippen LogP contribution >= 0.6 is 11.6 Å². The van der Waals surface area contributed by atoms with Crippen LogP contribution in [0.4, 0.5) is 0 Å². The molecular weight excluding hydrogens is 238 g/mol. The van der Waals surface area contributed by atoms with Crippen molar-refractivity contribution in [3.05, 3.63) is 47.8 Å². The summed E-state index contributed by atoms with van der Waals surface area (Å²) in [6.45, 7) is 0. The molecule has 0 aliphatic carbocycles. The lowest BCUT2D eigenvalue weighted by atomic mass is 10.1. The summed E-state index contributed by atoms with van der Waals surface area (Å²) in [7, 11) is 0. The van der Waals surface area contributed by atoms with Gasteiger partial charge in [0.05, 0.1) is 6.42 Å². The molecule has 0 saturated carbocycles. The summed E-state index contributed by atoms with van der Waals surface area (Å²) < 4.78 is 5.39. The van der Waals surface area contributed by atoms with Gasteiger partial charge in [-0.15, -0.1) is 21.8 Å². The number of fused-ring (bicyclic) bond motifs is 1. The average molecular weight is 248 g/mol. The van der Waals surface area contributed by atoms with Crippen molar-refractivity contribution in [3.63, 3.8) is 0 Å². The summed E-state index contributed by atoms with van der Waals surface area (Å²) in [4.78, 5) is 3.21. The van der Waals surface area contributed by atoms with Crippen LogP contribution in [0.3, 0.4) is 0 Å². The standard InChI is InChI=1S/C12H10ClN3O/c13-6-12-16-15-11(17-12)5-8-7-14-10-4-2-1-3-9(8)10/h1-4,7,14H,5-6H2. The lowest BCUT2D eigenvalue weighted by Crippen LogP contribution is -1.86. The molecular formula is C12H10ClN3O. The third-order valence-corrected chi connectivity index (χ3v) is 2.87. The Morgan fingerprint density at radius 3 is 2.82 bits per heavy atom. The normalized spacial score (nSPS) is 11.1. The fourth-order valence-corrected chi connectivity index (χ4v) is 1.96. The molecule has 4 nitrogen and oxygen atoms in total. The number of hydrogen-bond acceptors (Lipinski definition) is 3. The van der Waals surface area contributed by atoms with Gasteiger partial charge in [-0.3, -0.25) is 0 Å². The van der Waals surface area contributed by atoms with Crippen molar-refractivity contribution in [3.8, 4) is 0 Å². The number of halogens is 1. The molecule has 0 saturated heterocycles. The van der Waals surface area contributed by atoms with Gasteiger partial charge in [-0.1, -0.05) is 18.2 Å². The summed E-state index contributed by atoms with van der Waals surface area (Å²) in [6, 6.07) is 8.12. The van der Waals surface area contributed by atoms with Crippen molar-refractivity contribution >= 4 is 22.5 Å². The van der Waals surface area contributed by atoms with Gasteiger partial charge in [0.25, 0.3) is 0 Å². The highest BCUT2D eigenvalue weighted by Gasteiger charge is 2.09. The van der Waals surface area contributed by atoms with Gasteiger partial charge in [0, 0.05) is 17.1 Å². The number of alkyl halides is 1. The monoisotopic (exact) mass is 247 g/mol. The molecule has 2 heterocycles. The number of para-hydroxylation sites is 1. The van der Waals surface area contributed by atoms with E-state index in [-0.39, 0.29) is 5.88 Å². The molecule has 0 amide bonds. The first-order valence-corrected chi connectivity index (χ1v) is 5.82. The first-order chi connectivity index (χ1) is 8.36. The Bertz CT molecular complexity index is 644. The lowest BCUT2D eigenvalue weighted by molar-refractivity contribution is 0.473. The van der Waals surface area contributed by atoms with Crippen LogP contribution in [0.1, 0.15) is 17.3 Å². The number of benzene rings is 1. The largest absolute Gasteiger partial charge is 0.424 e. The topological polar surface area (TPSA) is 54.7 Å². The van der Waals surface area contributed by atoms with E-state index in [1.165, 1.54) is 5.39 Å². The Balaban J connectivity index is 1.94. The zero-order valence-corrected chi connectivity index (χ0v) is 9.74. The van der Waals surface area contributed by atoms with E-state index in [1.54, 1.807) is 0 Å². The van der Waals surface area contributed by atoms with Crippen molar-refractivity contribution in [1.82, 2.24) is 15.2 Å². The first kappa shape index (κ1) is 10.4. The Morgan fingerprint density at radius 2 is 2.00 bits per heavy atom. The summed E-state index contributed by atoms with van der Waals surface area (Å²) in [5, 5.41) is 8.97. The summed E-state index contributed by atoms with van der Waals surface area (Å²) >= 11 is 5.61. The van der Waals surface area contributed by atoms with Gasteiger partial charge in [0.1, 0.15) is 5.88 Å².